The molecule has 4 aromatic carbocycles. The zero-order valence-electron chi connectivity index (χ0n) is 21.2. The van der Waals surface area contributed by atoms with Crippen molar-refractivity contribution in [1.29, 1.82) is 0 Å². The van der Waals surface area contributed by atoms with Gasteiger partial charge >= 0.3 is 0 Å². The minimum Gasteiger partial charge on any atom is -0.357 e. The van der Waals surface area contributed by atoms with Gasteiger partial charge in [0.2, 0.25) is 11.8 Å². The van der Waals surface area contributed by atoms with Crippen molar-refractivity contribution < 1.29 is 9.59 Å². The second kappa shape index (κ2) is 13.3. The molecule has 0 aliphatic heterocycles. The maximum Gasteiger partial charge on any atom is 0.242 e. The maximum atomic E-state index is 14.2. The molecular weight excluding hydrogens is 515 g/mol. The van der Waals surface area contributed by atoms with Gasteiger partial charge in [0.25, 0.3) is 0 Å². The van der Waals surface area contributed by atoms with Gasteiger partial charge in [0, 0.05) is 48.0 Å². The second-order valence-corrected chi connectivity index (χ2v) is 9.93. The highest BCUT2D eigenvalue weighted by Crippen LogP contribution is 2.32. The topological polar surface area (TPSA) is 49.4 Å². The number of nitrogens with one attached hydrogen (secondary N) is 1. The third kappa shape index (κ3) is 6.83. The number of rotatable bonds is 10. The molecule has 0 spiro atoms. The Morgan fingerprint density at radius 2 is 1.24 bits per heavy atom. The molecule has 194 valence electrons. The van der Waals surface area contributed by atoms with Gasteiger partial charge in [-0.3, -0.25) is 9.59 Å². The number of benzene rings is 4. The van der Waals surface area contributed by atoms with Gasteiger partial charge in [0.1, 0.15) is 6.04 Å². The predicted molar refractivity (Wildman–Crippen MR) is 154 cm³/mol. The van der Waals surface area contributed by atoms with E-state index in [1.807, 2.05) is 91.0 Å². The normalized spacial score (nSPS) is 11.7. The van der Waals surface area contributed by atoms with Gasteiger partial charge in [-0.25, -0.2) is 0 Å². The van der Waals surface area contributed by atoms with Crippen molar-refractivity contribution >= 4 is 35.0 Å². The number of hydrogen-bond donors (Lipinski definition) is 1. The molecule has 4 rings (SSSR count). The van der Waals surface area contributed by atoms with E-state index < -0.39 is 6.04 Å². The lowest BCUT2D eigenvalue weighted by atomic mass is 9.87. The summed E-state index contributed by atoms with van der Waals surface area (Å²) in [6, 6.07) is 34.1. The standard InChI is InChI=1S/C32H30Cl2N2O2/c1-35-32(38)30(20-23-12-5-2-6-13-23)36(22-27-28(33)18-11-19-29(27)34)31(37)21-26(24-14-7-3-8-15-24)25-16-9-4-10-17-25/h2-19,26,30H,20-22H2,1H3,(H,35,38). The van der Waals surface area contributed by atoms with Crippen LogP contribution in [0, 0.1) is 0 Å². The molecule has 0 aliphatic rings. The summed E-state index contributed by atoms with van der Waals surface area (Å²) in [5, 5.41) is 3.66. The van der Waals surface area contributed by atoms with Crippen molar-refractivity contribution in [1.82, 2.24) is 10.2 Å². The van der Waals surface area contributed by atoms with Crippen LogP contribution in [0.4, 0.5) is 0 Å². The molecule has 0 bridgehead atoms. The Hall–Kier alpha value is -3.60. The molecule has 1 atom stereocenters. The number of carbonyl (C=O) groups is 2. The van der Waals surface area contributed by atoms with Gasteiger partial charge < -0.3 is 10.2 Å². The van der Waals surface area contributed by atoms with Crippen LogP contribution in [0.3, 0.4) is 0 Å². The molecule has 0 fully saturated rings. The average molecular weight is 546 g/mol. The monoisotopic (exact) mass is 544 g/mol. The van der Waals surface area contributed by atoms with Crippen molar-refractivity contribution in [3.8, 4) is 0 Å². The van der Waals surface area contributed by atoms with Crippen molar-refractivity contribution in [2.75, 3.05) is 7.05 Å². The first kappa shape index (κ1) is 27.4. The average Bonchev–Trinajstić information content (AvgIpc) is 2.96. The second-order valence-electron chi connectivity index (χ2n) is 9.12. The van der Waals surface area contributed by atoms with E-state index in [9.17, 15) is 9.59 Å². The lowest BCUT2D eigenvalue weighted by Gasteiger charge is -2.33. The smallest absolute Gasteiger partial charge is 0.242 e. The minimum absolute atomic E-state index is 0.110. The lowest BCUT2D eigenvalue weighted by molar-refractivity contribution is -0.141. The number of amides is 2. The van der Waals surface area contributed by atoms with Crippen molar-refractivity contribution in [2.45, 2.75) is 31.3 Å². The quantitative estimate of drug-likeness (QED) is 0.236. The van der Waals surface area contributed by atoms with E-state index in [0.717, 1.165) is 16.7 Å². The van der Waals surface area contributed by atoms with E-state index in [2.05, 4.69) is 5.32 Å². The van der Waals surface area contributed by atoms with Crippen LogP contribution in [0.1, 0.15) is 34.6 Å². The minimum atomic E-state index is -0.755. The SMILES string of the molecule is CNC(=O)C(Cc1ccccc1)N(Cc1c(Cl)cccc1Cl)C(=O)CC(c1ccccc1)c1ccccc1. The number of likely N-dealkylation sites (N-methyl/N-ethyl adjacent to an activating group) is 1. The summed E-state index contributed by atoms with van der Waals surface area (Å²) in [6.07, 6.45) is 0.536. The molecule has 1 unspecified atom stereocenters. The first-order valence-electron chi connectivity index (χ1n) is 12.6. The molecule has 0 radical (unpaired) electrons. The van der Waals surface area contributed by atoms with Crippen LogP contribution in [0.15, 0.2) is 109 Å². The molecule has 38 heavy (non-hydrogen) atoms. The summed E-state index contributed by atoms with van der Waals surface area (Å²) in [5.41, 5.74) is 3.62. The maximum absolute atomic E-state index is 14.2. The summed E-state index contributed by atoms with van der Waals surface area (Å²) in [7, 11) is 1.59. The number of nitrogens with zero attached hydrogens (tertiary/aromatic N) is 1. The van der Waals surface area contributed by atoms with E-state index in [1.165, 1.54) is 0 Å². The van der Waals surface area contributed by atoms with Gasteiger partial charge in [0.15, 0.2) is 0 Å². The van der Waals surface area contributed by atoms with Gasteiger partial charge in [-0.1, -0.05) is 120 Å². The highest BCUT2D eigenvalue weighted by molar-refractivity contribution is 6.36. The molecule has 0 heterocycles. The van der Waals surface area contributed by atoms with E-state index in [-0.39, 0.29) is 30.7 Å². The van der Waals surface area contributed by atoms with Crippen LogP contribution < -0.4 is 5.32 Å². The van der Waals surface area contributed by atoms with Gasteiger partial charge in [0.05, 0.1) is 0 Å². The van der Waals surface area contributed by atoms with E-state index in [4.69, 9.17) is 23.2 Å². The van der Waals surface area contributed by atoms with Crippen LogP contribution in [-0.4, -0.2) is 29.8 Å². The summed E-state index contributed by atoms with van der Waals surface area (Å²) in [4.78, 5) is 29.1. The summed E-state index contributed by atoms with van der Waals surface area (Å²) in [6.45, 7) is 0.110. The van der Waals surface area contributed by atoms with E-state index in [1.54, 1.807) is 30.1 Å². The van der Waals surface area contributed by atoms with Crippen molar-refractivity contribution in [3.05, 3.63) is 141 Å². The highest BCUT2D eigenvalue weighted by Gasteiger charge is 2.32. The third-order valence-electron chi connectivity index (χ3n) is 6.69. The van der Waals surface area contributed by atoms with Crippen LogP contribution in [-0.2, 0) is 22.6 Å². The van der Waals surface area contributed by atoms with Gasteiger partial charge in [-0.2, -0.15) is 0 Å². The van der Waals surface area contributed by atoms with Crippen molar-refractivity contribution in [3.63, 3.8) is 0 Å². The van der Waals surface area contributed by atoms with Crippen molar-refractivity contribution in [2.24, 2.45) is 0 Å². The van der Waals surface area contributed by atoms with Gasteiger partial charge in [-0.15, -0.1) is 0 Å². The Labute approximate surface area is 234 Å². The zero-order valence-corrected chi connectivity index (χ0v) is 22.7. The summed E-state index contributed by atoms with van der Waals surface area (Å²) < 4.78 is 0. The molecule has 6 heteroatoms. The zero-order chi connectivity index (χ0) is 26.9. The molecule has 2 amide bonds. The van der Waals surface area contributed by atoms with Crippen LogP contribution in [0.2, 0.25) is 10.0 Å². The highest BCUT2D eigenvalue weighted by atomic mass is 35.5. The Kier molecular flexibility index (Phi) is 9.58. The first-order chi connectivity index (χ1) is 18.5. The third-order valence-corrected chi connectivity index (χ3v) is 7.40. The van der Waals surface area contributed by atoms with E-state index >= 15 is 0 Å². The summed E-state index contributed by atoms with van der Waals surface area (Å²) >= 11 is 13.1. The molecule has 1 N–H and O–H groups in total. The van der Waals surface area contributed by atoms with E-state index in [0.29, 0.717) is 22.0 Å². The van der Waals surface area contributed by atoms with Crippen LogP contribution in [0.25, 0.3) is 0 Å². The molecular formula is C32H30Cl2N2O2. The largest absolute Gasteiger partial charge is 0.357 e. The molecule has 0 saturated carbocycles. The Bertz CT molecular complexity index is 1290. The summed E-state index contributed by atoms with van der Waals surface area (Å²) in [5.74, 6) is -0.597. The van der Waals surface area contributed by atoms with Crippen LogP contribution in [0.5, 0.6) is 0 Å². The Morgan fingerprint density at radius 3 is 1.74 bits per heavy atom. The number of hydrogen-bond acceptors (Lipinski definition) is 2. The lowest BCUT2D eigenvalue weighted by Crippen LogP contribution is -2.50. The fourth-order valence-electron chi connectivity index (χ4n) is 4.67. The first-order valence-corrected chi connectivity index (χ1v) is 13.3. The number of carbonyl (C=O) groups excluding carboxylic acids is 2. The molecule has 0 aromatic heterocycles. The van der Waals surface area contributed by atoms with Gasteiger partial charge in [-0.05, 0) is 28.8 Å². The fraction of sp³-hybridized carbons (Fsp3) is 0.188. The molecule has 0 saturated heterocycles. The molecule has 4 aromatic rings. The fourth-order valence-corrected chi connectivity index (χ4v) is 5.18. The molecule has 0 aliphatic carbocycles. The Morgan fingerprint density at radius 1 is 0.737 bits per heavy atom. The Balaban J connectivity index is 1.75. The molecule has 4 nitrogen and oxygen atoms in total. The van der Waals surface area contributed by atoms with Crippen LogP contribution >= 0.6 is 23.2 Å². The predicted octanol–water partition coefficient (Wildman–Crippen LogP) is 6.90. The number of halogens is 2.